The molecule has 1 aliphatic carbocycles. The predicted molar refractivity (Wildman–Crippen MR) is 60.8 cm³/mol. The van der Waals surface area contributed by atoms with Crippen LogP contribution in [-0.4, -0.2) is 12.5 Å². The smallest absolute Gasteiger partial charge is 0.219 e. The van der Waals surface area contributed by atoms with E-state index in [0.29, 0.717) is 12.3 Å². The number of carbonyl (C=O) groups excluding carboxylic acids is 1. The maximum atomic E-state index is 11.2. The number of aryl methyl sites for hydroxylation is 1. The van der Waals surface area contributed by atoms with Gasteiger partial charge in [0.1, 0.15) is 0 Å². The third kappa shape index (κ3) is 2.20. The van der Waals surface area contributed by atoms with Gasteiger partial charge in [0.05, 0.1) is 0 Å². The molecule has 0 saturated carbocycles. The number of benzene rings is 1. The molecule has 15 heavy (non-hydrogen) atoms. The van der Waals surface area contributed by atoms with Crippen LogP contribution in [0.25, 0.3) is 0 Å². The zero-order valence-electron chi connectivity index (χ0n) is 9.12. The predicted octanol–water partition coefficient (Wildman–Crippen LogP) is 2.24. The standard InChI is InChI=1S/C13H17NO/c1-2-13(15)14-9-11-8-7-10-5-3-4-6-12(10)11/h3-6,11H,2,7-9H2,1H3,(H,14,15). The Balaban J connectivity index is 1.99. The number of carbonyl (C=O) groups is 1. The molecular formula is C13H17NO. The molecule has 1 aromatic rings. The number of amides is 1. The molecule has 2 nitrogen and oxygen atoms in total. The second-order valence-electron chi connectivity index (χ2n) is 4.09. The van der Waals surface area contributed by atoms with Crippen molar-refractivity contribution in [1.29, 1.82) is 0 Å². The van der Waals surface area contributed by atoms with Crippen LogP contribution >= 0.6 is 0 Å². The molecule has 0 spiro atoms. The number of rotatable bonds is 3. The minimum atomic E-state index is 0.152. The van der Waals surface area contributed by atoms with Crippen molar-refractivity contribution >= 4 is 5.91 Å². The SMILES string of the molecule is CCC(=O)NCC1CCc2ccccc21. The van der Waals surface area contributed by atoms with Crippen molar-refractivity contribution in [3.8, 4) is 0 Å². The second-order valence-corrected chi connectivity index (χ2v) is 4.09. The van der Waals surface area contributed by atoms with Crippen LogP contribution in [0.1, 0.15) is 36.8 Å². The molecule has 0 bridgehead atoms. The summed E-state index contributed by atoms with van der Waals surface area (Å²) in [7, 11) is 0. The third-order valence-corrected chi connectivity index (χ3v) is 3.12. The quantitative estimate of drug-likeness (QED) is 0.802. The van der Waals surface area contributed by atoms with E-state index in [-0.39, 0.29) is 5.91 Å². The fraction of sp³-hybridized carbons (Fsp3) is 0.462. The van der Waals surface area contributed by atoms with Gasteiger partial charge in [-0.15, -0.1) is 0 Å². The molecule has 0 radical (unpaired) electrons. The van der Waals surface area contributed by atoms with Crippen molar-refractivity contribution in [2.45, 2.75) is 32.1 Å². The van der Waals surface area contributed by atoms with Crippen molar-refractivity contribution in [1.82, 2.24) is 5.32 Å². The average Bonchev–Trinajstić information content (AvgIpc) is 2.69. The van der Waals surface area contributed by atoms with Crippen LogP contribution in [0.4, 0.5) is 0 Å². The highest BCUT2D eigenvalue weighted by molar-refractivity contribution is 5.75. The van der Waals surface area contributed by atoms with E-state index in [2.05, 4.69) is 29.6 Å². The summed E-state index contributed by atoms with van der Waals surface area (Å²) in [4.78, 5) is 11.2. The summed E-state index contributed by atoms with van der Waals surface area (Å²) in [5.74, 6) is 0.677. The summed E-state index contributed by atoms with van der Waals surface area (Å²) in [5, 5.41) is 2.98. The molecule has 0 heterocycles. The molecule has 0 aromatic heterocycles. The number of fused-ring (bicyclic) bond motifs is 1. The van der Waals surface area contributed by atoms with Crippen molar-refractivity contribution in [2.24, 2.45) is 0 Å². The highest BCUT2D eigenvalue weighted by atomic mass is 16.1. The normalized spacial score (nSPS) is 18.6. The van der Waals surface area contributed by atoms with Gasteiger partial charge in [-0.3, -0.25) is 4.79 Å². The summed E-state index contributed by atoms with van der Waals surface area (Å²) in [5.41, 5.74) is 2.88. The number of nitrogens with one attached hydrogen (secondary N) is 1. The van der Waals surface area contributed by atoms with E-state index in [1.54, 1.807) is 0 Å². The third-order valence-electron chi connectivity index (χ3n) is 3.12. The Bertz CT molecular complexity index is 359. The maximum absolute atomic E-state index is 11.2. The summed E-state index contributed by atoms with van der Waals surface area (Å²) < 4.78 is 0. The van der Waals surface area contributed by atoms with Gasteiger partial charge in [0.2, 0.25) is 5.91 Å². The number of hydrogen-bond acceptors (Lipinski definition) is 1. The second kappa shape index (κ2) is 4.47. The summed E-state index contributed by atoms with van der Waals surface area (Å²) in [6.07, 6.45) is 2.90. The fourth-order valence-corrected chi connectivity index (χ4v) is 2.22. The summed E-state index contributed by atoms with van der Waals surface area (Å²) in [6, 6.07) is 8.55. The largest absolute Gasteiger partial charge is 0.356 e. The molecule has 1 N–H and O–H groups in total. The Labute approximate surface area is 90.7 Å². The van der Waals surface area contributed by atoms with Crippen LogP contribution in [0.15, 0.2) is 24.3 Å². The van der Waals surface area contributed by atoms with Crippen molar-refractivity contribution in [2.75, 3.05) is 6.54 Å². The van der Waals surface area contributed by atoms with Gasteiger partial charge in [-0.2, -0.15) is 0 Å². The average molecular weight is 203 g/mol. The highest BCUT2D eigenvalue weighted by Gasteiger charge is 2.21. The first-order valence-corrected chi connectivity index (χ1v) is 5.65. The lowest BCUT2D eigenvalue weighted by atomic mass is 10.0. The Morgan fingerprint density at radius 1 is 1.47 bits per heavy atom. The van der Waals surface area contributed by atoms with Crippen molar-refractivity contribution in [3.63, 3.8) is 0 Å². The Kier molecular flexibility index (Phi) is 3.05. The van der Waals surface area contributed by atoms with Gasteiger partial charge in [0.15, 0.2) is 0 Å². The van der Waals surface area contributed by atoms with Gasteiger partial charge in [-0.05, 0) is 24.0 Å². The summed E-state index contributed by atoms with van der Waals surface area (Å²) >= 11 is 0. The molecule has 1 aromatic carbocycles. The Morgan fingerprint density at radius 2 is 2.27 bits per heavy atom. The van der Waals surface area contributed by atoms with Gasteiger partial charge in [-0.1, -0.05) is 31.2 Å². The van der Waals surface area contributed by atoms with Crippen LogP contribution < -0.4 is 5.32 Å². The van der Waals surface area contributed by atoms with Crippen molar-refractivity contribution in [3.05, 3.63) is 35.4 Å². The Morgan fingerprint density at radius 3 is 3.07 bits per heavy atom. The number of hydrogen-bond donors (Lipinski definition) is 1. The van der Waals surface area contributed by atoms with Crippen LogP contribution in [0.5, 0.6) is 0 Å². The highest BCUT2D eigenvalue weighted by Crippen LogP contribution is 2.31. The lowest BCUT2D eigenvalue weighted by molar-refractivity contribution is -0.120. The molecule has 0 fully saturated rings. The topological polar surface area (TPSA) is 29.1 Å². The molecule has 1 atom stereocenters. The molecule has 0 aliphatic heterocycles. The molecule has 1 amide bonds. The first-order valence-electron chi connectivity index (χ1n) is 5.65. The van der Waals surface area contributed by atoms with Crippen LogP contribution in [0.2, 0.25) is 0 Å². The van der Waals surface area contributed by atoms with E-state index in [4.69, 9.17) is 0 Å². The zero-order chi connectivity index (χ0) is 10.7. The minimum absolute atomic E-state index is 0.152. The first kappa shape index (κ1) is 10.2. The van der Waals surface area contributed by atoms with Gasteiger partial charge < -0.3 is 5.32 Å². The molecule has 1 aliphatic rings. The van der Waals surface area contributed by atoms with Crippen LogP contribution in [0, 0.1) is 0 Å². The lowest BCUT2D eigenvalue weighted by Gasteiger charge is -2.12. The van der Waals surface area contributed by atoms with E-state index in [9.17, 15) is 4.79 Å². The molecule has 80 valence electrons. The summed E-state index contributed by atoms with van der Waals surface area (Å²) in [6.45, 7) is 2.68. The molecule has 2 heteroatoms. The first-order chi connectivity index (χ1) is 7.31. The fourth-order valence-electron chi connectivity index (χ4n) is 2.22. The monoisotopic (exact) mass is 203 g/mol. The van der Waals surface area contributed by atoms with E-state index in [1.807, 2.05) is 6.92 Å². The minimum Gasteiger partial charge on any atom is -0.356 e. The molecular weight excluding hydrogens is 186 g/mol. The van der Waals surface area contributed by atoms with Crippen LogP contribution in [0.3, 0.4) is 0 Å². The van der Waals surface area contributed by atoms with Gasteiger partial charge in [0, 0.05) is 18.9 Å². The van der Waals surface area contributed by atoms with Crippen LogP contribution in [-0.2, 0) is 11.2 Å². The Hall–Kier alpha value is -1.31. The van der Waals surface area contributed by atoms with Gasteiger partial charge in [0.25, 0.3) is 0 Å². The van der Waals surface area contributed by atoms with Crippen molar-refractivity contribution < 1.29 is 4.79 Å². The van der Waals surface area contributed by atoms with E-state index < -0.39 is 0 Å². The van der Waals surface area contributed by atoms with E-state index >= 15 is 0 Å². The van der Waals surface area contributed by atoms with E-state index in [1.165, 1.54) is 17.5 Å². The van der Waals surface area contributed by atoms with E-state index in [0.717, 1.165) is 13.0 Å². The molecule has 2 rings (SSSR count). The van der Waals surface area contributed by atoms with Gasteiger partial charge >= 0.3 is 0 Å². The lowest BCUT2D eigenvalue weighted by Crippen LogP contribution is -2.26. The molecule has 0 saturated heterocycles. The zero-order valence-corrected chi connectivity index (χ0v) is 9.12. The van der Waals surface area contributed by atoms with Gasteiger partial charge in [-0.25, -0.2) is 0 Å². The molecule has 1 unspecified atom stereocenters. The maximum Gasteiger partial charge on any atom is 0.219 e.